The number of aromatic nitrogens is 1. The van der Waals surface area contributed by atoms with Crippen molar-refractivity contribution in [3.05, 3.63) is 50.4 Å². The van der Waals surface area contributed by atoms with Gasteiger partial charge in [0, 0.05) is 22.2 Å². The van der Waals surface area contributed by atoms with E-state index in [9.17, 15) is 4.79 Å². The van der Waals surface area contributed by atoms with E-state index in [1.165, 1.54) is 0 Å². The standard InChI is InChI=1S/C15H14ClN3OS/c1-10-8-18-14(21-10)9-19-15(20)12-5-4-11(3-2-6-17)13(16)7-12/h4-5,7-8H,6,9,17H2,1H3,(H,19,20). The lowest BCUT2D eigenvalue weighted by molar-refractivity contribution is 0.0951. The van der Waals surface area contributed by atoms with Crippen LogP contribution in [0.25, 0.3) is 0 Å². The summed E-state index contributed by atoms with van der Waals surface area (Å²) in [6.07, 6.45) is 1.79. The topological polar surface area (TPSA) is 68.0 Å². The van der Waals surface area contributed by atoms with Crippen molar-refractivity contribution >= 4 is 28.8 Å². The molecule has 4 nitrogen and oxygen atoms in total. The van der Waals surface area contributed by atoms with Crippen molar-refractivity contribution in [3.8, 4) is 11.8 Å². The molecule has 0 aliphatic heterocycles. The Labute approximate surface area is 132 Å². The van der Waals surface area contributed by atoms with Crippen LogP contribution in [0.15, 0.2) is 24.4 Å². The first-order chi connectivity index (χ1) is 10.1. The molecule has 0 unspecified atom stereocenters. The van der Waals surface area contributed by atoms with Gasteiger partial charge in [-0.3, -0.25) is 4.79 Å². The summed E-state index contributed by atoms with van der Waals surface area (Å²) >= 11 is 7.65. The van der Waals surface area contributed by atoms with Gasteiger partial charge in [0.15, 0.2) is 0 Å². The van der Waals surface area contributed by atoms with Gasteiger partial charge in [0.2, 0.25) is 0 Å². The van der Waals surface area contributed by atoms with E-state index in [1.54, 1.807) is 35.7 Å². The predicted octanol–water partition coefficient (Wildman–Crippen LogP) is 2.35. The molecule has 6 heteroatoms. The fourth-order valence-corrected chi connectivity index (χ4v) is 2.60. The van der Waals surface area contributed by atoms with Gasteiger partial charge in [0.05, 0.1) is 18.1 Å². The molecule has 2 aromatic rings. The molecule has 2 rings (SSSR count). The molecule has 3 N–H and O–H groups in total. The first-order valence-corrected chi connectivity index (χ1v) is 7.47. The van der Waals surface area contributed by atoms with Gasteiger partial charge < -0.3 is 11.1 Å². The number of hydrogen-bond acceptors (Lipinski definition) is 4. The first kappa shape index (κ1) is 15.5. The molecular weight excluding hydrogens is 306 g/mol. The monoisotopic (exact) mass is 319 g/mol. The van der Waals surface area contributed by atoms with Gasteiger partial charge in [-0.2, -0.15) is 0 Å². The van der Waals surface area contributed by atoms with E-state index in [1.807, 2.05) is 6.92 Å². The molecule has 0 bridgehead atoms. The van der Waals surface area contributed by atoms with Gasteiger partial charge in [-0.1, -0.05) is 23.4 Å². The third kappa shape index (κ3) is 4.30. The van der Waals surface area contributed by atoms with Crippen molar-refractivity contribution < 1.29 is 4.79 Å². The second kappa shape index (κ2) is 7.23. The highest BCUT2D eigenvalue weighted by atomic mass is 35.5. The fraction of sp³-hybridized carbons (Fsp3) is 0.200. The highest BCUT2D eigenvalue weighted by molar-refractivity contribution is 7.11. The Hall–Kier alpha value is -1.87. The normalized spacial score (nSPS) is 9.86. The van der Waals surface area contributed by atoms with Crippen LogP contribution in [0.1, 0.15) is 25.8 Å². The molecule has 0 radical (unpaired) electrons. The molecule has 0 saturated carbocycles. The Morgan fingerprint density at radius 2 is 2.33 bits per heavy atom. The number of halogens is 1. The molecule has 0 aliphatic carbocycles. The third-order valence-electron chi connectivity index (χ3n) is 2.63. The number of thiazole rings is 1. The number of amides is 1. The maximum Gasteiger partial charge on any atom is 0.251 e. The van der Waals surface area contributed by atoms with Crippen LogP contribution in [0.5, 0.6) is 0 Å². The van der Waals surface area contributed by atoms with Crippen LogP contribution in [-0.4, -0.2) is 17.4 Å². The van der Waals surface area contributed by atoms with Gasteiger partial charge in [-0.15, -0.1) is 11.3 Å². The van der Waals surface area contributed by atoms with Crippen LogP contribution >= 0.6 is 22.9 Å². The van der Waals surface area contributed by atoms with Crippen LogP contribution < -0.4 is 11.1 Å². The lowest BCUT2D eigenvalue weighted by Crippen LogP contribution is -2.22. The molecule has 0 saturated heterocycles. The second-order valence-electron chi connectivity index (χ2n) is 4.25. The van der Waals surface area contributed by atoms with E-state index < -0.39 is 0 Å². The van der Waals surface area contributed by atoms with Gasteiger partial charge in [0.25, 0.3) is 5.91 Å². The summed E-state index contributed by atoms with van der Waals surface area (Å²) in [6, 6.07) is 5.01. The van der Waals surface area contributed by atoms with E-state index in [0.717, 1.165) is 9.88 Å². The number of hydrogen-bond donors (Lipinski definition) is 2. The number of nitrogens with one attached hydrogen (secondary N) is 1. The summed E-state index contributed by atoms with van der Waals surface area (Å²) < 4.78 is 0. The molecule has 1 heterocycles. The summed E-state index contributed by atoms with van der Waals surface area (Å²) in [5.41, 5.74) is 6.47. The van der Waals surface area contributed by atoms with Crippen LogP contribution in [0.3, 0.4) is 0 Å². The minimum absolute atomic E-state index is 0.192. The maximum atomic E-state index is 12.1. The maximum absolute atomic E-state index is 12.1. The van der Waals surface area contributed by atoms with Crippen molar-refractivity contribution in [1.82, 2.24) is 10.3 Å². The highest BCUT2D eigenvalue weighted by Crippen LogP contribution is 2.17. The van der Waals surface area contributed by atoms with Crippen LogP contribution in [-0.2, 0) is 6.54 Å². The Kier molecular flexibility index (Phi) is 5.34. The summed E-state index contributed by atoms with van der Waals surface area (Å²) in [6.45, 7) is 2.65. The smallest absolute Gasteiger partial charge is 0.251 e. The Balaban J connectivity index is 2.04. The average Bonchev–Trinajstić information content (AvgIpc) is 2.89. The molecule has 21 heavy (non-hydrogen) atoms. The molecule has 1 aromatic heterocycles. The lowest BCUT2D eigenvalue weighted by atomic mass is 10.1. The second-order valence-corrected chi connectivity index (χ2v) is 5.97. The molecular formula is C15H14ClN3OS. The number of nitrogens with zero attached hydrogens (tertiary/aromatic N) is 1. The van der Waals surface area contributed by atoms with Crippen molar-refractivity contribution in [1.29, 1.82) is 0 Å². The van der Waals surface area contributed by atoms with E-state index in [4.69, 9.17) is 17.3 Å². The third-order valence-corrected chi connectivity index (χ3v) is 3.85. The number of carbonyl (C=O) groups is 1. The van der Waals surface area contributed by atoms with Crippen LogP contribution in [0.2, 0.25) is 5.02 Å². The fourth-order valence-electron chi connectivity index (χ4n) is 1.65. The number of aryl methyl sites for hydroxylation is 1. The number of rotatable bonds is 3. The van der Waals surface area contributed by atoms with E-state index in [2.05, 4.69) is 22.1 Å². The SMILES string of the molecule is Cc1cnc(CNC(=O)c2ccc(C#CCN)c(Cl)c2)s1. The van der Waals surface area contributed by atoms with Gasteiger partial charge >= 0.3 is 0 Å². The predicted molar refractivity (Wildman–Crippen MR) is 85.4 cm³/mol. The lowest BCUT2D eigenvalue weighted by Gasteiger charge is -2.04. The minimum atomic E-state index is -0.192. The quantitative estimate of drug-likeness (QED) is 0.853. The van der Waals surface area contributed by atoms with E-state index in [0.29, 0.717) is 22.7 Å². The number of nitrogens with two attached hydrogens (primary N) is 1. The van der Waals surface area contributed by atoms with E-state index in [-0.39, 0.29) is 12.5 Å². The van der Waals surface area contributed by atoms with Crippen molar-refractivity contribution in [2.75, 3.05) is 6.54 Å². The molecule has 108 valence electrons. The Bertz CT molecular complexity index is 715. The zero-order chi connectivity index (χ0) is 15.2. The summed E-state index contributed by atoms with van der Waals surface area (Å²) in [7, 11) is 0. The van der Waals surface area contributed by atoms with E-state index >= 15 is 0 Å². The summed E-state index contributed by atoms with van der Waals surface area (Å²) in [5, 5.41) is 4.12. The van der Waals surface area contributed by atoms with Gasteiger partial charge in [-0.05, 0) is 25.1 Å². The molecule has 0 aliphatic rings. The van der Waals surface area contributed by atoms with Gasteiger partial charge in [-0.25, -0.2) is 4.98 Å². The minimum Gasteiger partial charge on any atom is -0.346 e. The van der Waals surface area contributed by atoms with Crippen LogP contribution in [0.4, 0.5) is 0 Å². The molecule has 1 amide bonds. The molecule has 1 aromatic carbocycles. The Morgan fingerprint density at radius 1 is 1.52 bits per heavy atom. The zero-order valence-corrected chi connectivity index (χ0v) is 13.0. The van der Waals surface area contributed by atoms with Crippen molar-refractivity contribution in [2.45, 2.75) is 13.5 Å². The largest absolute Gasteiger partial charge is 0.346 e. The first-order valence-electron chi connectivity index (χ1n) is 6.28. The van der Waals surface area contributed by atoms with Gasteiger partial charge in [0.1, 0.15) is 5.01 Å². The van der Waals surface area contributed by atoms with Crippen molar-refractivity contribution in [3.63, 3.8) is 0 Å². The number of benzene rings is 1. The molecule has 0 fully saturated rings. The average molecular weight is 320 g/mol. The Morgan fingerprint density at radius 3 is 2.95 bits per heavy atom. The zero-order valence-electron chi connectivity index (χ0n) is 11.4. The molecule has 0 atom stereocenters. The molecule has 0 spiro atoms. The summed E-state index contributed by atoms with van der Waals surface area (Å²) in [5.74, 6) is 5.39. The highest BCUT2D eigenvalue weighted by Gasteiger charge is 2.08. The van der Waals surface area contributed by atoms with Crippen LogP contribution in [0, 0.1) is 18.8 Å². The van der Waals surface area contributed by atoms with Crippen molar-refractivity contribution in [2.24, 2.45) is 5.73 Å². The summed E-state index contributed by atoms with van der Waals surface area (Å²) in [4.78, 5) is 17.4. The number of carbonyl (C=O) groups excluding carboxylic acids is 1.